The zero-order chi connectivity index (χ0) is 12.4. The minimum Gasteiger partial charge on any atom is -0.274 e. The molecule has 92 valence electrons. The first-order chi connectivity index (χ1) is 8.20. The SMILES string of the molecule is CCCC(C#N)N1C(=O)C2CCCCC2C1=O. The van der Waals surface area contributed by atoms with Gasteiger partial charge < -0.3 is 0 Å². The standard InChI is InChI=1S/C13H18N2O2/c1-2-5-9(8-14)15-12(16)10-6-3-4-7-11(10)13(15)17/h9-11H,2-7H2,1H3. The van der Waals surface area contributed by atoms with E-state index in [4.69, 9.17) is 5.26 Å². The summed E-state index contributed by atoms with van der Waals surface area (Å²) in [6.07, 6.45) is 5.09. The molecule has 1 saturated carbocycles. The molecular weight excluding hydrogens is 216 g/mol. The van der Waals surface area contributed by atoms with Crippen LogP contribution in [0, 0.1) is 23.2 Å². The van der Waals surface area contributed by atoms with Crippen LogP contribution in [-0.4, -0.2) is 22.8 Å². The van der Waals surface area contributed by atoms with E-state index in [1.165, 1.54) is 4.90 Å². The summed E-state index contributed by atoms with van der Waals surface area (Å²) in [4.78, 5) is 25.6. The van der Waals surface area contributed by atoms with Crippen LogP contribution in [0.4, 0.5) is 0 Å². The Bertz CT molecular complexity index is 348. The Morgan fingerprint density at radius 1 is 1.29 bits per heavy atom. The number of likely N-dealkylation sites (tertiary alicyclic amines) is 1. The molecule has 3 unspecified atom stereocenters. The average Bonchev–Trinajstić information content (AvgIpc) is 2.61. The lowest BCUT2D eigenvalue weighted by Crippen LogP contribution is -2.39. The quantitative estimate of drug-likeness (QED) is 0.700. The van der Waals surface area contributed by atoms with E-state index in [2.05, 4.69) is 6.07 Å². The summed E-state index contributed by atoms with van der Waals surface area (Å²) in [6, 6.07) is 1.55. The maximum absolute atomic E-state index is 12.2. The van der Waals surface area contributed by atoms with Crippen LogP contribution in [0.25, 0.3) is 0 Å². The van der Waals surface area contributed by atoms with Crippen molar-refractivity contribution in [2.24, 2.45) is 11.8 Å². The molecule has 2 aliphatic rings. The molecule has 0 aromatic carbocycles. The van der Waals surface area contributed by atoms with Crippen LogP contribution in [0.2, 0.25) is 0 Å². The van der Waals surface area contributed by atoms with Gasteiger partial charge in [0.2, 0.25) is 11.8 Å². The molecule has 0 aromatic heterocycles. The van der Waals surface area contributed by atoms with Crippen molar-refractivity contribution in [1.29, 1.82) is 5.26 Å². The fourth-order valence-electron chi connectivity index (χ4n) is 3.02. The first-order valence-corrected chi connectivity index (χ1v) is 6.47. The summed E-state index contributed by atoms with van der Waals surface area (Å²) in [6.45, 7) is 1.96. The van der Waals surface area contributed by atoms with Gasteiger partial charge in [0, 0.05) is 0 Å². The molecule has 0 N–H and O–H groups in total. The van der Waals surface area contributed by atoms with Crippen LogP contribution >= 0.6 is 0 Å². The molecule has 17 heavy (non-hydrogen) atoms. The fraction of sp³-hybridized carbons (Fsp3) is 0.769. The molecule has 2 fully saturated rings. The van der Waals surface area contributed by atoms with E-state index < -0.39 is 6.04 Å². The van der Waals surface area contributed by atoms with Crippen molar-refractivity contribution in [3.63, 3.8) is 0 Å². The summed E-state index contributed by atoms with van der Waals surface area (Å²) in [5.41, 5.74) is 0. The van der Waals surface area contributed by atoms with Crippen LogP contribution in [0.5, 0.6) is 0 Å². The van der Waals surface area contributed by atoms with Crippen LogP contribution in [0.3, 0.4) is 0 Å². The van der Waals surface area contributed by atoms with Crippen LogP contribution in [-0.2, 0) is 9.59 Å². The van der Waals surface area contributed by atoms with E-state index in [1.54, 1.807) is 0 Å². The van der Waals surface area contributed by atoms with Crippen molar-refractivity contribution in [2.45, 2.75) is 51.5 Å². The van der Waals surface area contributed by atoms with Crippen molar-refractivity contribution in [2.75, 3.05) is 0 Å². The van der Waals surface area contributed by atoms with Crippen molar-refractivity contribution < 1.29 is 9.59 Å². The topological polar surface area (TPSA) is 61.2 Å². The average molecular weight is 234 g/mol. The lowest BCUT2D eigenvalue weighted by atomic mass is 9.81. The van der Waals surface area contributed by atoms with E-state index in [1.807, 2.05) is 6.92 Å². The van der Waals surface area contributed by atoms with Crippen LogP contribution < -0.4 is 0 Å². The number of amides is 2. The smallest absolute Gasteiger partial charge is 0.234 e. The highest BCUT2D eigenvalue weighted by atomic mass is 16.2. The number of carbonyl (C=O) groups is 2. The molecule has 0 spiro atoms. The Kier molecular flexibility index (Phi) is 3.46. The highest BCUT2D eigenvalue weighted by Gasteiger charge is 2.50. The predicted octanol–water partition coefficient (Wildman–Crippen LogP) is 1.85. The minimum absolute atomic E-state index is 0.0975. The second-order valence-electron chi connectivity index (χ2n) is 4.98. The van der Waals surface area contributed by atoms with Gasteiger partial charge in [-0.05, 0) is 19.3 Å². The Labute approximate surface area is 102 Å². The normalized spacial score (nSPS) is 30.0. The summed E-state index contributed by atoms with van der Waals surface area (Å²) in [5, 5.41) is 9.09. The van der Waals surface area contributed by atoms with E-state index >= 15 is 0 Å². The van der Waals surface area contributed by atoms with E-state index in [0.29, 0.717) is 6.42 Å². The van der Waals surface area contributed by atoms with Gasteiger partial charge in [-0.25, -0.2) is 0 Å². The van der Waals surface area contributed by atoms with Crippen LogP contribution in [0.1, 0.15) is 45.4 Å². The first-order valence-electron chi connectivity index (χ1n) is 6.47. The fourth-order valence-corrected chi connectivity index (χ4v) is 3.02. The molecule has 1 saturated heterocycles. The van der Waals surface area contributed by atoms with Crippen molar-refractivity contribution >= 4 is 11.8 Å². The van der Waals surface area contributed by atoms with E-state index in [0.717, 1.165) is 32.1 Å². The maximum Gasteiger partial charge on any atom is 0.234 e. The van der Waals surface area contributed by atoms with Gasteiger partial charge in [0.15, 0.2) is 0 Å². The second-order valence-corrected chi connectivity index (χ2v) is 4.98. The second kappa shape index (κ2) is 4.87. The molecule has 1 aliphatic heterocycles. The van der Waals surface area contributed by atoms with Gasteiger partial charge >= 0.3 is 0 Å². The zero-order valence-corrected chi connectivity index (χ0v) is 10.2. The van der Waals surface area contributed by atoms with Crippen molar-refractivity contribution in [3.05, 3.63) is 0 Å². The van der Waals surface area contributed by atoms with E-state index in [-0.39, 0.29) is 23.7 Å². The number of hydrogen-bond acceptors (Lipinski definition) is 3. The number of carbonyl (C=O) groups excluding carboxylic acids is 2. The molecule has 3 atom stereocenters. The summed E-state index contributed by atoms with van der Waals surface area (Å²) >= 11 is 0. The monoisotopic (exact) mass is 234 g/mol. The van der Waals surface area contributed by atoms with Crippen molar-refractivity contribution in [1.82, 2.24) is 4.90 Å². The molecule has 0 aromatic rings. The lowest BCUT2D eigenvalue weighted by molar-refractivity contribution is -0.141. The van der Waals surface area contributed by atoms with Gasteiger partial charge in [-0.1, -0.05) is 26.2 Å². The molecule has 2 amide bonds. The lowest BCUT2D eigenvalue weighted by Gasteiger charge is -2.20. The molecule has 0 radical (unpaired) electrons. The van der Waals surface area contributed by atoms with Gasteiger partial charge in [0.1, 0.15) is 6.04 Å². The largest absolute Gasteiger partial charge is 0.274 e. The van der Waals surface area contributed by atoms with E-state index in [9.17, 15) is 9.59 Å². The molecular formula is C13H18N2O2. The van der Waals surface area contributed by atoms with Gasteiger partial charge in [-0.2, -0.15) is 5.26 Å². The zero-order valence-electron chi connectivity index (χ0n) is 10.2. The van der Waals surface area contributed by atoms with Gasteiger partial charge in [-0.15, -0.1) is 0 Å². The highest BCUT2D eigenvalue weighted by molar-refractivity contribution is 6.05. The predicted molar refractivity (Wildman–Crippen MR) is 61.6 cm³/mol. The maximum atomic E-state index is 12.2. The molecule has 1 heterocycles. The number of hydrogen-bond donors (Lipinski definition) is 0. The van der Waals surface area contributed by atoms with Gasteiger partial charge in [-0.3, -0.25) is 14.5 Å². The Hall–Kier alpha value is -1.37. The summed E-state index contributed by atoms with van der Waals surface area (Å²) in [5.74, 6) is -0.465. The van der Waals surface area contributed by atoms with Crippen LogP contribution in [0.15, 0.2) is 0 Å². The number of nitriles is 1. The minimum atomic E-state index is -0.550. The van der Waals surface area contributed by atoms with Gasteiger partial charge in [0.25, 0.3) is 0 Å². The molecule has 4 nitrogen and oxygen atoms in total. The highest BCUT2D eigenvalue weighted by Crippen LogP contribution is 2.39. The molecule has 4 heteroatoms. The molecule has 1 aliphatic carbocycles. The molecule has 0 bridgehead atoms. The van der Waals surface area contributed by atoms with Crippen molar-refractivity contribution in [3.8, 4) is 6.07 Å². The summed E-state index contributed by atoms with van der Waals surface area (Å²) in [7, 11) is 0. The summed E-state index contributed by atoms with van der Waals surface area (Å²) < 4.78 is 0. The third-order valence-electron chi connectivity index (χ3n) is 3.90. The number of rotatable bonds is 3. The Balaban J connectivity index is 2.21. The third-order valence-corrected chi connectivity index (χ3v) is 3.90. The number of nitrogens with zero attached hydrogens (tertiary/aromatic N) is 2. The number of fused-ring (bicyclic) bond motifs is 1. The molecule has 2 rings (SSSR count). The Morgan fingerprint density at radius 2 is 1.82 bits per heavy atom. The number of imide groups is 1. The van der Waals surface area contributed by atoms with Gasteiger partial charge in [0.05, 0.1) is 17.9 Å². The third kappa shape index (κ3) is 1.95. The first kappa shape index (κ1) is 12.1. The Morgan fingerprint density at radius 3 is 2.24 bits per heavy atom.